The number of ether oxygens (including phenoxy) is 1. The van der Waals surface area contributed by atoms with E-state index in [0.29, 0.717) is 6.42 Å². The Labute approximate surface area is 162 Å². The van der Waals surface area contributed by atoms with E-state index in [4.69, 9.17) is 5.73 Å². The molecule has 0 aliphatic carbocycles. The zero-order valence-corrected chi connectivity index (χ0v) is 15.8. The Hall–Kier alpha value is -2.74. The van der Waals surface area contributed by atoms with Crippen LogP contribution in [0, 0.1) is 19.8 Å². The lowest BCUT2D eigenvalue weighted by Gasteiger charge is -2.14. The number of hydrogen-bond donors (Lipinski definition) is 3. The summed E-state index contributed by atoms with van der Waals surface area (Å²) in [5.74, 6) is -0.261. The third kappa shape index (κ3) is 7.48. The SMILES string of the molecule is Cc1cc(C)cc(NC(N)=NCC(CO)Cc2ccc(OC(F)(F)F)cc2)c1. The fourth-order valence-corrected chi connectivity index (χ4v) is 2.81. The molecule has 0 saturated heterocycles. The topological polar surface area (TPSA) is 79.9 Å². The standard InChI is InChI=1S/C20H24F3N3O2/c1-13-7-14(2)9-17(8-13)26-19(24)25-11-16(12-27)10-15-3-5-18(6-4-15)28-20(21,22)23/h3-9,16,27H,10-12H2,1-2H3,(H3,24,25,26). The van der Waals surface area contributed by atoms with Crippen LogP contribution in [0.1, 0.15) is 16.7 Å². The van der Waals surface area contributed by atoms with Crippen molar-refractivity contribution in [2.45, 2.75) is 26.6 Å². The zero-order valence-electron chi connectivity index (χ0n) is 15.8. The summed E-state index contributed by atoms with van der Waals surface area (Å²) in [5, 5.41) is 12.6. The van der Waals surface area contributed by atoms with Crippen LogP contribution in [0.3, 0.4) is 0 Å². The molecule has 1 atom stereocenters. The van der Waals surface area contributed by atoms with Gasteiger partial charge in [-0.15, -0.1) is 13.2 Å². The first kappa shape index (κ1) is 21.6. The molecule has 8 heteroatoms. The number of anilines is 1. The van der Waals surface area contributed by atoms with Crippen LogP contribution < -0.4 is 15.8 Å². The second kappa shape index (κ2) is 9.45. The highest BCUT2D eigenvalue weighted by molar-refractivity contribution is 5.92. The number of halogens is 3. The van der Waals surface area contributed by atoms with E-state index in [9.17, 15) is 18.3 Å². The van der Waals surface area contributed by atoms with Crippen LogP contribution in [0.25, 0.3) is 0 Å². The summed E-state index contributed by atoms with van der Waals surface area (Å²) in [5.41, 5.74) is 9.71. The molecule has 0 bridgehead atoms. The number of nitrogens with zero attached hydrogens (tertiary/aromatic N) is 1. The largest absolute Gasteiger partial charge is 0.573 e. The molecule has 0 aliphatic rings. The van der Waals surface area contributed by atoms with Crippen LogP contribution in [-0.2, 0) is 6.42 Å². The van der Waals surface area contributed by atoms with Gasteiger partial charge in [0.25, 0.3) is 0 Å². The minimum Gasteiger partial charge on any atom is -0.406 e. The fourth-order valence-electron chi connectivity index (χ4n) is 2.81. The van der Waals surface area contributed by atoms with Gasteiger partial charge in [0, 0.05) is 24.8 Å². The number of aliphatic hydroxyl groups excluding tert-OH is 1. The molecule has 0 aliphatic heterocycles. The van der Waals surface area contributed by atoms with Gasteiger partial charge in [-0.1, -0.05) is 18.2 Å². The Bertz CT molecular complexity index is 785. The molecule has 0 spiro atoms. The van der Waals surface area contributed by atoms with Crippen LogP contribution in [-0.4, -0.2) is 30.6 Å². The van der Waals surface area contributed by atoms with Crippen molar-refractivity contribution in [3.05, 3.63) is 59.2 Å². The maximum absolute atomic E-state index is 12.2. The number of alkyl halides is 3. The Morgan fingerprint density at radius 3 is 2.29 bits per heavy atom. The van der Waals surface area contributed by atoms with Crippen LogP contribution in [0.5, 0.6) is 5.75 Å². The lowest BCUT2D eigenvalue weighted by molar-refractivity contribution is -0.274. The van der Waals surface area contributed by atoms with Gasteiger partial charge in [-0.3, -0.25) is 4.99 Å². The van der Waals surface area contributed by atoms with Gasteiger partial charge in [-0.05, 0) is 61.2 Å². The predicted molar refractivity (Wildman–Crippen MR) is 103 cm³/mol. The summed E-state index contributed by atoms with van der Waals surface area (Å²) >= 11 is 0. The number of aryl methyl sites for hydroxylation is 2. The molecule has 28 heavy (non-hydrogen) atoms. The van der Waals surface area contributed by atoms with Gasteiger partial charge in [0.1, 0.15) is 5.75 Å². The summed E-state index contributed by atoms with van der Waals surface area (Å²) in [6.07, 6.45) is -4.27. The van der Waals surface area contributed by atoms with Gasteiger partial charge in [0.05, 0.1) is 0 Å². The second-order valence-electron chi connectivity index (χ2n) is 6.67. The van der Waals surface area contributed by atoms with E-state index in [1.54, 1.807) is 0 Å². The maximum Gasteiger partial charge on any atom is 0.573 e. The number of benzene rings is 2. The van der Waals surface area contributed by atoms with Gasteiger partial charge in [-0.25, -0.2) is 0 Å². The van der Waals surface area contributed by atoms with Crippen LogP contribution >= 0.6 is 0 Å². The maximum atomic E-state index is 12.2. The quantitative estimate of drug-likeness (QED) is 0.492. The van der Waals surface area contributed by atoms with Crippen molar-refractivity contribution in [3.8, 4) is 5.75 Å². The minimum atomic E-state index is -4.72. The highest BCUT2D eigenvalue weighted by atomic mass is 19.4. The zero-order chi connectivity index (χ0) is 20.7. The van der Waals surface area contributed by atoms with Gasteiger partial charge >= 0.3 is 6.36 Å². The van der Waals surface area contributed by atoms with Crippen LogP contribution in [0.2, 0.25) is 0 Å². The fraction of sp³-hybridized carbons (Fsp3) is 0.350. The van der Waals surface area contributed by atoms with Crippen molar-refractivity contribution in [3.63, 3.8) is 0 Å². The molecule has 0 heterocycles. The number of rotatable bonds is 7. The van der Waals surface area contributed by atoms with E-state index < -0.39 is 6.36 Å². The average Bonchev–Trinajstić information content (AvgIpc) is 2.57. The summed E-state index contributed by atoms with van der Waals surface area (Å²) < 4.78 is 40.4. The molecule has 2 rings (SSSR count). The molecule has 1 unspecified atom stereocenters. The molecule has 0 radical (unpaired) electrons. The third-order valence-corrected chi connectivity index (χ3v) is 3.95. The Kier molecular flexibility index (Phi) is 7.28. The molecule has 4 N–H and O–H groups in total. The molecule has 152 valence electrons. The van der Waals surface area contributed by atoms with E-state index in [1.165, 1.54) is 24.3 Å². The highest BCUT2D eigenvalue weighted by Gasteiger charge is 2.30. The van der Waals surface area contributed by atoms with Crippen molar-refractivity contribution in [2.24, 2.45) is 16.6 Å². The molecule has 2 aromatic rings. The first-order chi connectivity index (χ1) is 13.1. The molecular weight excluding hydrogens is 371 g/mol. The van der Waals surface area contributed by atoms with Gasteiger partial charge in [0.2, 0.25) is 0 Å². The van der Waals surface area contributed by atoms with Gasteiger partial charge in [0.15, 0.2) is 5.96 Å². The monoisotopic (exact) mass is 395 g/mol. The molecule has 0 fully saturated rings. The first-order valence-corrected chi connectivity index (χ1v) is 8.75. The molecule has 0 aromatic heterocycles. The van der Waals surface area contributed by atoms with E-state index in [0.717, 1.165) is 22.4 Å². The number of guanidine groups is 1. The predicted octanol–water partition coefficient (Wildman–Crippen LogP) is 3.78. The number of nitrogens with two attached hydrogens (primary N) is 1. The summed E-state index contributed by atoms with van der Waals surface area (Å²) in [7, 11) is 0. The van der Waals surface area contributed by atoms with Crippen LogP contribution in [0.15, 0.2) is 47.5 Å². The minimum absolute atomic E-state index is 0.124. The van der Waals surface area contributed by atoms with Crippen molar-refractivity contribution in [1.29, 1.82) is 0 Å². The molecule has 2 aromatic carbocycles. The second-order valence-corrected chi connectivity index (χ2v) is 6.67. The molecule has 0 amide bonds. The normalized spacial score (nSPS) is 13.3. The Morgan fingerprint density at radius 2 is 1.75 bits per heavy atom. The van der Waals surface area contributed by atoms with Crippen LogP contribution in [0.4, 0.5) is 18.9 Å². The highest BCUT2D eigenvalue weighted by Crippen LogP contribution is 2.23. The number of aliphatic imine (C=N–C) groups is 1. The average molecular weight is 395 g/mol. The van der Waals surface area contributed by atoms with E-state index >= 15 is 0 Å². The first-order valence-electron chi connectivity index (χ1n) is 8.75. The lowest BCUT2D eigenvalue weighted by atomic mass is 10.0. The molecular formula is C20H24F3N3O2. The Morgan fingerprint density at radius 1 is 1.14 bits per heavy atom. The molecule has 5 nitrogen and oxygen atoms in total. The van der Waals surface area contributed by atoms with Crippen molar-refractivity contribution < 1.29 is 23.0 Å². The van der Waals surface area contributed by atoms with Crippen molar-refractivity contribution in [2.75, 3.05) is 18.5 Å². The van der Waals surface area contributed by atoms with Crippen molar-refractivity contribution >= 4 is 11.6 Å². The van der Waals surface area contributed by atoms with E-state index in [-0.39, 0.29) is 30.8 Å². The summed E-state index contributed by atoms with van der Waals surface area (Å²) in [6, 6.07) is 11.5. The molecule has 0 saturated carbocycles. The summed E-state index contributed by atoms with van der Waals surface area (Å²) in [4.78, 5) is 4.26. The summed E-state index contributed by atoms with van der Waals surface area (Å²) in [6.45, 7) is 4.12. The lowest BCUT2D eigenvalue weighted by Crippen LogP contribution is -2.25. The smallest absolute Gasteiger partial charge is 0.406 e. The van der Waals surface area contributed by atoms with Gasteiger partial charge < -0.3 is 20.9 Å². The Balaban J connectivity index is 1.93. The van der Waals surface area contributed by atoms with E-state index in [2.05, 4.69) is 15.0 Å². The van der Waals surface area contributed by atoms with E-state index in [1.807, 2.05) is 32.0 Å². The van der Waals surface area contributed by atoms with Gasteiger partial charge in [-0.2, -0.15) is 0 Å². The number of aliphatic hydroxyl groups is 1. The number of hydrogen-bond acceptors (Lipinski definition) is 3. The van der Waals surface area contributed by atoms with Crippen molar-refractivity contribution in [1.82, 2.24) is 0 Å². The number of nitrogens with one attached hydrogen (secondary N) is 1. The third-order valence-electron chi connectivity index (χ3n) is 3.95.